The topological polar surface area (TPSA) is 123 Å². The first-order chi connectivity index (χ1) is 16.4. The summed E-state index contributed by atoms with van der Waals surface area (Å²) < 4.78 is 38.4. The number of H-pyrrole nitrogens is 1. The fourth-order valence-electron chi connectivity index (χ4n) is 3.91. The molecule has 0 amide bonds. The minimum absolute atomic E-state index is 0.0466. The van der Waals surface area contributed by atoms with E-state index >= 15 is 0 Å². The van der Waals surface area contributed by atoms with Gasteiger partial charge in [0.25, 0.3) is 5.56 Å². The van der Waals surface area contributed by atoms with E-state index in [-0.39, 0.29) is 12.0 Å². The molecule has 0 aliphatic rings. The van der Waals surface area contributed by atoms with E-state index in [0.717, 1.165) is 28.3 Å². The summed E-state index contributed by atoms with van der Waals surface area (Å²) in [7, 11) is -1.76. The van der Waals surface area contributed by atoms with Gasteiger partial charge >= 0.3 is 5.69 Å². The molecule has 2 aromatic carbocycles. The maximum Gasteiger partial charge on any atom is 0.332 e. The number of ether oxygens (including phenoxy) is 1. The fraction of sp³-hybridized carbons (Fsp3) is 0.280. The predicted molar refractivity (Wildman–Crippen MR) is 135 cm³/mol. The third kappa shape index (κ3) is 5.23. The van der Waals surface area contributed by atoms with E-state index in [4.69, 9.17) is 9.15 Å². The molecular formula is C25H27N3O6S. The van der Waals surface area contributed by atoms with Crippen molar-refractivity contribution in [1.29, 1.82) is 0 Å². The molecule has 4 rings (SSSR count). The van der Waals surface area contributed by atoms with Gasteiger partial charge in [-0.25, -0.2) is 17.9 Å². The number of furan rings is 1. The lowest BCUT2D eigenvalue weighted by Crippen LogP contribution is -2.27. The van der Waals surface area contributed by atoms with E-state index < -0.39 is 21.3 Å². The molecule has 0 aliphatic heterocycles. The summed E-state index contributed by atoms with van der Waals surface area (Å²) in [6, 6.07) is 12.4. The van der Waals surface area contributed by atoms with E-state index in [2.05, 4.69) is 9.71 Å². The average molecular weight is 498 g/mol. The highest BCUT2D eigenvalue weighted by Gasteiger charge is 2.24. The molecule has 10 heteroatoms. The van der Waals surface area contributed by atoms with Crippen LogP contribution in [-0.2, 0) is 22.0 Å². The zero-order chi connectivity index (χ0) is 25.5. The van der Waals surface area contributed by atoms with Crippen molar-refractivity contribution in [3.63, 3.8) is 0 Å². The summed E-state index contributed by atoms with van der Waals surface area (Å²) in [6.45, 7) is 6.19. The van der Waals surface area contributed by atoms with Gasteiger partial charge in [-0.2, -0.15) is 0 Å². The molecule has 9 nitrogen and oxygen atoms in total. The van der Waals surface area contributed by atoms with Crippen molar-refractivity contribution in [1.82, 2.24) is 14.3 Å². The van der Waals surface area contributed by atoms with E-state index in [0.29, 0.717) is 22.8 Å². The van der Waals surface area contributed by atoms with Crippen molar-refractivity contribution in [3.8, 4) is 22.6 Å². The van der Waals surface area contributed by atoms with E-state index in [9.17, 15) is 18.0 Å². The molecule has 2 N–H and O–H groups in total. The van der Waals surface area contributed by atoms with Gasteiger partial charge in [0.2, 0.25) is 10.0 Å². The number of aromatic nitrogens is 2. The highest BCUT2D eigenvalue weighted by atomic mass is 32.2. The number of aromatic amines is 1. The molecule has 4 aromatic rings. The zero-order valence-electron chi connectivity index (χ0n) is 20.1. The molecule has 0 aliphatic carbocycles. The van der Waals surface area contributed by atoms with Crippen molar-refractivity contribution in [2.75, 3.05) is 13.4 Å². The van der Waals surface area contributed by atoms with Crippen LogP contribution in [0.15, 0.2) is 62.7 Å². The molecule has 2 heterocycles. The van der Waals surface area contributed by atoms with Gasteiger partial charge in [-0.15, -0.1) is 0 Å². The van der Waals surface area contributed by atoms with Crippen molar-refractivity contribution in [2.24, 2.45) is 0 Å². The first-order valence-corrected chi connectivity index (χ1v) is 12.8. The summed E-state index contributed by atoms with van der Waals surface area (Å²) in [5.41, 5.74) is 2.23. The molecule has 184 valence electrons. The van der Waals surface area contributed by atoms with Crippen LogP contribution in [0.1, 0.15) is 32.1 Å². The van der Waals surface area contributed by atoms with Crippen LogP contribution in [0, 0.1) is 0 Å². The molecule has 0 atom stereocenters. The minimum Gasteiger partial charge on any atom is -0.496 e. The van der Waals surface area contributed by atoms with Crippen LogP contribution in [0.5, 0.6) is 5.75 Å². The molecule has 35 heavy (non-hydrogen) atoms. The Balaban J connectivity index is 1.90. The van der Waals surface area contributed by atoms with Gasteiger partial charge in [-0.1, -0.05) is 32.9 Å². The van der Waals surface area contributed by atoms with E-state index in [1.54, 1.807) is 13.2 Å². The number of nitrogens with one attached hydrogen (secondary N) is 2. The molecule has 0 unspecified atom stereocenters. The Hall–Kier alpha value is -3.63. The van der Waals surface area contributed by atoms with Crippen molar-refractivity contribution < 1.29 is 17.6 Å². The molecule has 0 saturated heterocycles. The van der Waals surface area contributed by atoms with Crippen LogP contribution in [-0.4, -0.2) is 31.3 Å². The third-order valence-electron chi connectivity index (χ3n) is 5.58. The van der Waals surface area contributed by atoms with Gasteiger partial charge in [-0.3, -0.25) is 14.3 Å². The Morgan fingerprint density at radius 1 is 1.09 bits per heavy atom. The second-order valence-corrected chi connectivity index (χ2v) is 11.2. The van der Waals surface area contributed by atoms with Crippen molar-refractivity contribution in [2.45, 2.75) is 32.7 Å². The van der Waals surface area contributed by atoms with Crippen LogP contribution in [0.2, 0.25) is 0 Å². The fourth-order valence-corrected chi connectivity index (χ4v) is 4.31. The number of sulfonamides is 1. The molecule has 2 aromatic heterocycles. The molecule has 0 fully saturated rings. The van der Waals surface area contributed by atoms with Gasteiger partial charge < -0.3 is 9.15 Å². The highest BCUT2D eigenvalue weighted by molar-refractivity contribution is 7.88. The van der Waals surface area contributed by atoms with E-state index in [1.807, 2.05) is 51.1 Å². The Morgan fingerprint density at radius 2 is 1.83 bits per heavy atom. The summed E-state index contributed by atoms with van der Waals surface area (Å²) in [4.78, 5) is 26.4. The van der Waals surface area contributed by atoms with E-state index in [1.165, 1.54) is 16.8 Å². The number of rotatable bonds is 6. The summed E-state index contributed by atoms with van der Waals surface area (Å²) in [6.07, 6.45) is 2.53. The second kappa shape index (κ2) is 8.86. The van der Waals surface area contributed by atoms with Crippen molar-refractivity contribution >= 4 is 21.0 Å². The van der Waals surface area contributed by atoms with Gasteiger partial charge in [-0.05, 0) is 35.2 Å². The Morgan fingerprint density at radius 3 is 2.46 bits per heavy atom. The van der Waals surface area contributed by atoms with Crippen LogP contribution in [0.3, 0.4) is 0 Å². The Kier molecular flexibility index (Phi) is 6.20. The monoisotopic (exact) mass is 497 g/mol. The number of hydrogen-bond donors (Lipinski definition) is 2. The maximum absolute atomic E-state index is 12.5. The SMILES string of the molecule is COc1c(-c2ccc3cc(CNS(C)(=O)=O)oc3c2)cc(-n2ccc(=O)[nH]c2=O)cc1C(C)(C)C. The summed E-state index contributed by atoms with van der Waals surface area (Å²) in [5.74, 6) is 1.14. The number of methoxy groups -OCH3 is 1. The van der Waals surface area contributed by atoms with Gasteiger partial charge in [0, 0.05) is 28.8 Å². The second-order valence-electron chi connectivity index (χ2n) is 9.36. The maximum atomic E-state index is 12.5. The number of nitrogens with zero attached hydrogens (tertiary/aromatic N) is 1. The minimum atomic E-state index is -3.35. The number of fused-ring (bicyclic) bond motifs is 1. The molecule has 0 bridgehead atoms. The lowest BCUT2D eigenvalue weighted by Gasteiger charge is -2.25. The number of hydrogen-bond acceptors (Lipinski definition) is 6. The summed E-state index contributed by atoms with van der Waals surface area (Å²) in [5, 5.41) is 0.821. The molecule has 0 saturated carbocycles. The lowest BCUT2D eigenvalue weighted by molar-refractivity contribution is 0.399. The van der Waals surface area contributed by atoms with Crippen LogP contribution < -0.4 is 20.7 Å². The Bertz CT molecular complexity index is 1640. The van der Waals surface area contributed by atoms with Crippen molar-refractivity contribution in [3.05, 3.63) is 80.8 Å². The van der Waals surface area contributed by atoms with Gasteiger partial charge in [0.1, 0.15) is 17.1 Å². The molecular weight excluding hydrogens is 470 g/mol. The standard InChI is InChI=1S/C25H27N3O6S/c1-25(2,3)20-13-17(28-9-8-22(29)27-24(28)30)12-19(23(20)33-4)15-6-7-16-10-18(34-21(16)11-15)14-26-35(5,31)32/h6-13,26H,14H2,1-5H3,(H,27,29,30). The highest BCUT2D eigenvalue weighted by Crippen LogP contribution is 2.41. The van der Waals surface area contributed by atoms with Gasteiger partial charge in [0.15, 0.2) is 0 Å². The quantitative estimate of drug-likeness (QED) is 0.421. The average Bonchev–Trinajstić information content (AvgIpc) is 3.18. The zero-order valence-corrected chi connectivity index (χ0v) is 20.9. The predicted octanol–water partition coefficient (Wildman–Crippen LogP) is 3.29. The first kappa shape index (κ1) is 24.5. The molecule has 0 radical (unpaired) electrons. The van der Waals surface area contributed by atoms with Gasteiger partial charge in [0.05, 0.1) is 25.6 Å². The van der Waals surface area contributed by atoms with Crippen LogP contribution in [0.25, 0.3) is 27.8 Å². The first-order valence-electron chi connectivity index (χ1n) is 10.9. The Labute approximate surface area is 202 Å². The smallest absolute Gasteiger partial charge is 0.332 e. The summed E-state index contributed by atoms with van der Waals surface area (Å²) >= 11 is 0. The normalized spacial score (nSPS) is 12.3. The largest absolute Gasteiger partial charge is 0.496 e. The third-order valence-corrected chi connectivity index (χ3v) is 6.25. The lowest BCUT2D eigenvalue weighted by atomic mass is 9.83. The van der Waals surface area contributed by atoms with Crippen LogP contribution >= 0.6 is 0 Å². The number of benzene rings is 2. The molecule has 0 spiro atoms. The van der Waals surface area contributed by atoms with Crippen LogP contribution in [0.4, 0.5) is 0 Å².